The Balaban J connectivity index is 2.07. The van der Waals surface area contributed by atoms with E-state index in [1.807, 2.05) is 18.2 Å². The van der Waals surface area contributed by atoms with E-state index in [0.717, 1.165) is 0 Å². The fraction of sp³-hybridized carbons (Fsp3) is 0.350. The summed E-state index contributed by atoms with van der Waals surface area (Å²) in [6.45, 7) is 4.81. The molecule has 5 heteroatoms. The van der Waals surface area contributed by atoms with Crippen LogP contribution in [0.3, 0.4) is 0 Å². The van der Waals surface area contributed by atoms with E-state index < -0.39 is 9.84 Å². The molecule has 1 N–H and O–H groups in total. The van der Waals surface area contributed by atoms with Crippen molar-refractivity contribution in [3.05, 3.63) is 71.3 Å². The molecule has 0 aliphatic rings. The van der Waals surface area contributed by atoms with Gasteiger partial charge in [-0.15, -0.1) is 0 Å². The molecule has 25 heavy (non-hydrogen) atoms. The van der Waals surface area contributed by atoms with Crippen LogP contribution in [0.4, 0.5) is 0 Å². The Kier molecular flexibility index (Phi) is 6.37. The molecule has 134 valence electrons. The van der Waals surface area contributed by atoms with Gasteiger partial charge in [0.15, 0.2) is 9.84 Å². The average molecular weight is 359 g/mol. The zero-order valence-corrected chi connectivity index (χ0v) is 15.7. The van der Waals surface area contributed by atoms with Gasteiger partial charge in [0, 0.05) is 24.3 Å². The number of carbonyl (C=O) groups is 1. The Labute approximate surface area is 150 Å². The van der Waals surface area contributed by atoms with Crippen molar-refractivity contribution in [3.8, 4) is 0 Å². The van der Waals surface area contributed by atoms with Crippen molar-refractivity contribution in [3.63, 3.8) is 0 Å². The summed E-state index contributed by atoms with van der Waals surface area (Å²) >= 11 is 0. The highest BCUT2D eigenvalue weighted by Gasteiger charge is 2.17. The number of benzene rings is 2. The second-order valence-electron chi connectivity index (χ2n) is 6.74. The third-order valence-corrected chi connectivity index (χ3v) is 4.99. The molecular weight excluding hydrogens is 334 g/mol. The molecule has 4 nitrogen and oxygen atoms in total. The Morgan fingerprint density at radius 2 is 1.72 bits per heavy atom. The summed E-state index contributed by atoms with van der Waals surface area (Å²) in [5.74, 6) is 0.368. The zero-order chi connectivity index (χ0) is 18.4. The quantitative estimate of drug-likeness (QED) is 0.824. The summed E-state index contributed by atoms with van der Waals surface area (Å²) in [5.41, 5.74) is 2.30. The molecule has 1 unspecified atom stereocenters. The third-order valence-electron chi connectivity index (χ3n) is 4.13. The third kappa shape index (κ3) is 6.02. The van der Waals surface area contributed by atoms with E-state index in [0.29, 0.717) is 23.6 Å². The molecule has 2 aromatic carbocycles. The van der Waals surface area contributed by atoms with Crippen molar-refractivity contribution < 1.29 is 13.2 Å². The van der Waals surface area contributed by atoms with Crippen LogP contribution in [0.25, 0.3) is 0 Å². The van der Waals surface area contributed by atoms with Crippen LogP contribution in [-0.2, 0) is 15.6 Å². The number of carbonyl (C=O) groups excluding carboxylic acids is 1. The summed E-state index contributed by atoms with van der Waals surface area (Å²) in [5, 5.41) is 2.98. The Hall–Kier alpha value is -2.14. The normalized spacial score (nSPS) is 12.8. The fourth-order valence-electron chi connectivity index (χ4n) is 2.85. The molecule has 0 saturated carbocycles. The second-order valence-corrected chi connectivity index (χ2v) is 8.88. The first-order valence-electron chi connectivity index (χ1n) is 8.36. The fourth-order valence-corrected chi connectivity index (χ4v) is 3.63. The molecule has 0 spiro atoms. The number of sulfone groups is 1. The Bertz CT molecular complexity index is 814. The number of rotatable bonds is 7. The summed E-state index contributed by atoms with van der Waals surface area (Å²) in [6.07, 6.45) is 1.19. The van der Waals surface area contributed by atoms with E-state index in [1.54, 1.807) is 24.3 Å². The predicted octanol–water partition coefficient (Wildman–Crippen LogP) is 3.40. The lowest BCUT2D eigenvalue weighted by molar-refractivity contribution is 0.0949. The van der Waals surface area contributed by atoms with Gasteiger partial charge >= 0.3 is 0 Å². The number of hydrogen-bond donors (Lipinski definition) is 1. The lowest BCUT2D eigenvalue weighted by Gasteiger charge is -2.22. The molecular formula is C20H25NO3S. The molecule has 0 aliphatic heterocycles. The molecule has 0 heterocycles. The van der Waals surface area contributed by atoms with Gasteiger partial charge in [-0.1, -0.05) is 56.3 Å². The van der Waals surface area contributed by atoms with Crippen molar-refractivity contribution in [2.75, 3.05) is 12.8 Å². The van der Waals surface area contributed by atoms with Crippen molar-refractivity contribution in [1.82, 2.24) is 5.32 Å². The molecule has 0 aliphatic carbocycles. The van der Waals surface area contributed by atoms with Gasteiger partial charge in [0.25, 0.3) is 5.91 Å². The highest BCUT2D eigenvalue weighted by atomic mass is 32.2. The maximum Gasteiger partial charge on any atom is 0.251 e. The van der Waals surface area contributed by atoms with Gasteiger partial charge in [-0.05, 0) is 29.2 Å². The molecule has 2 aromatic rings. The summed E-state index contributed by atoms with van der Waals surface area (Å²) < 4.78 is 22.9. The number of nitrogens with one attached hydrogen (secondary N) is 1. The minimum Gasteiger partial charge on any atom is -0.351 e. The molecule has 1 amide bonds. The molecule has 0 bridgehead atoms. The predicted molar refractivity (Wildman–Crippen MR) is 101 cm³/mol. The average Bonchev–Trinajstić information content (AvgIpc) is 2.54. The van der Waals surface area contributed by atoms with E-state index in [-0.39, 0.29) is 17.6 Å². The Morgan fingerprint density at radius 3 is 2.32 bits per heavy atom. The van der Waals surface area contributed by atoms with Crippen LogP contribution in [0.2, 0.25) is 0 Å². The lowest BCUT2D eigenvalue weighted by Crippen LogP contribution is -2.30. The highest BCUT2D eigenvalue weighted by Crippen LogP contribution is 2.23. The van der Waals surface area contributed by atoms with Crippen molar-refractivity contribution in [2.24, 2.45) is 5.92 Å². The molecule has 0 fully saturated rings. The van der Waals surface area contributed by atoms with Crippen LogP contribution < -0.4 is 5.32 Å². The minimum absolute atomic E-state index is 0.0627. The van der Waals surface area contributed by atoms with E-state index in [4.69, 9.17) is 0 Å². The first-order valence-corrected chi connectivity index (χ1v) is 10.4. The highest BCUT2D eigenvalue weighted by molar-refractivity contribution is 7.89. The van der Waals surface area contributed by atoms with Crippen molar-refractivity contribution >= 4 is 15.7 Å². The molecule has 0 saturated heterocycles. The molecule has 1 atom stereocenters. The smallest absolute Gasteiger partial charge is 0.251 e. The first-order chi connectivity index (χ1) is 11.8. The zero-order valence-electron chi connectivity index (χ0n) is 14.9. The number of hydrogen-bond acceptors (Lipinski definition) is 3. The molecule has 0 aromatic heterocycles. The molecule has 2 rings (SSSR count). The van der Waals surface area contributed by atoms with Crippen LogP contribution >= 0.6 is 0 Å². The first kappa shape index (κ1) is 19.2. The summed E-state index contributed by atoms with van der Waals surface area (Å²) in [7, 11) is -3.12. The van der Waals surface area contributed by atoms with Crippen molar-refractivity contribution in [1.29, 1.82) is 0 Å². The van der Waals surface area contributed by atoms with Crippen LogP contribution in [0, 0.1) is 5.92 Å². The SMILES string of the molecule is CC(C)C(CNC(=O)c1cccc(CS(C)(=O)=O)c1)c1ccccc1. The largest absolute Gasteiger partial charge is 0.351 e. The van der Waals surface area contributed by atoms with Crippen LogP contribution in [0.1, 0.15) is 41.3 Å². The van der Waals surface area contributed by atoms with Gasteiger partial charge in [-0.3, -0.25) is 4.79 Å². The van der Waals surface area contributed by atoms with E-state index in [9.17, 15) is 13.2 Å². The minimum atomic E-state index is -3.12. The standard InChI is InChI=1S/C20H25NO3S/c1-15(2)19(17-9-5-4-6-10-17)13-21-20(22)18-11-7-8-16(12-18)14-25(3,23)24/h4-12,15,19H,13-14H2,1-3H3,(H,21,22). The lowest BCUT2D eigenvalue weighted by atomic mass is 9.88. The molecule has 0 radical (unpaired) electrons. The summed E-state index contributed by atoms with van der Waals surface area (Å²) in [4.78, 5) is 12.5. The van der Waals surface area contributed by atoms with E-state index in [2.05, 4.69) is 31.3 Å². The Morgan fingerprint density at radius 1 is 1.04 bits per heavy atom. The van der Waals surface area contributed by atoms with Crippen LogP contribution in [0.5, 0.6) is 0 Å². The monoisotopic (exact) mass is 359 g/mol. The van der Waals surface area contributed by atoms with Gasteiger partial charge in [-0.25, -0.2) is 8.42 Å². The van der Waals surface area contributed by atoms with E-state index in [1.165, 1.54) is 11.8 Å². The van der Waals surface area contributed by atoms with Gasteiger partial charge in [0.1, 0.15) is 0 Å². The van der Waals surface area contributed by atoms with Crippen LogP contribution in [-0.4, -0.2) is 27.1 Å². The maximum atomic E-state index is 12.5. The second kappa shape index (κ2) is 8.30. The van der Waals surface area contributed by atoms with Gasteiger partial charge in [0.2, 0.25) is 0 Å². The van der Waals surface area contributed by atoms with E-state index >= 15 is 0 Å². The van der Waals surface area contributed by atoms with Gasteiger partial charge in [-0.2, -0.15) is 0 Å². The number of amides is 1. The van der Waals surface area contributed by atoms with Crippen molar-refractivity contribution in [2.45, 2.75) is 25.5 Å². The van der Waals surface area contributed by atoms with Crippen LogP contribution in [0.15, 0.2) is 54.6 Å². The van der Waals surface area contributed by atoms with Gasteiger partial charge < -0.3 is 5.32 Å². The maximum absolute atomic E-state index is 12.5. The van der Waals surface area contributed by atoms with Gasteiger partial charge in [0.05, 0.1) is 5.75 Å². The topological polar surface area (TPSA) is 63.2 Å². The summed E-state index contributed by atoms with van der Waals surface area (Å²) in [6, 6.07) is 16.9.